The molecule has 28 heavy (non-hydrogen) atoms. The van der Waals surface area contributed by atoms with E-state index in [4.69, 9.17) is 0 Å². The van der Waals surface area contributed by atoms with Crippen molar-refractivity contribution >= 4 is 17.6 Å². The van der Waals surface area contributed by atoms with Crippen LogP contribution < -0.4 is 10.9 Å². The number of carbonyl (C=O) groups excluding carboxylic acids is 2. The van der Waals surface area contributed by atoms with Crippen LogP contribution in [0.3, 0.4) is 0 Å². The van der Waals surface area contributed by atoms with E-state index in [1.807, 2.05) is 0 Å². The maximum Gasteiger partial charge on any atom is 0.337 e. The average molecular weight is 380 g/mol. The largest absolute Gasteiger partial charge is 0.465 e. The van der Waals surface area contributed by atoms with Crippen LogP contribution >= 0.6 is 0 Å². The van der Waals surface area contributed by atoms with Gasteiger partial charge in [-0.15, -0.1) is 0 Å². The number of amides is 1. The molecular formula is C21H17FN2O4. The molecule has 142 valence electrons. The second-order valence-corrected chi connectivity index (χ2v) is 6.00. The fraction of sp³-hybridized carbons (Fsp3) is 0.0952. The molecule has 0 aliphatic rings. The van der Waals surface area contributed by atoms with Crippen molar-refractivity contribution in [2.75, 3.05) is 12.4 Å². The van der Waals surface area contributed by atoms with E-state index >= 15 is 0 Å². The summed E-state index contributed by atoms with van der Waals surface area (Å²) >= 11 is 0. The number of halogens is 1. The lowest BCUT2D eigenvalue weighted by molar-refractivity contribution is 0.0600. The van der Waals surface area contributed by atoms with Gasteiger partial charge in [0.2, 0.25) is 0 Å². The predicted molar refractivity (Wildman–Crippen MR) is 102 cm³/mol. The third kappa shape index (κ3) is 4.32. The summed E-state index contributed by atoms with van der Waals surface area (Å²) in [4.78, 5) is 36.6. The zero-order valence-electron chi connectivity index (χ0n) is 15.0. The van der Waals surface area contributed by atoms with Gasteiger partial charge in [0.05, 0.1) is 19.2 Å². The minimum absolute atomic E-state index is 0.0262. The van der Waals surface area contributed by atoms with E-state index < -0.39 is 17.4 Å². The Hall–Kier alpha value is -3.74. The molecule has 3 aromatic rings. The Balaban J connectivity index is 1.77. The second kappa shape index (κ2) is 8.30. The first-order chi connectivity index (χ1) is 13.5. The lowest BCUT2D eigenvalue weighted by Gasteiger charge is -2.09. The summed E-state index contributed by atoms with van der Waals surface area (Å²) in [5.74, 6) is -1.41. The molecule has 0 atom stereocenters. The van der Waals surface area contributed by atoms with Crippen LogP contribution in [-0.2, 0) is 11.3 Å². The first-order valence-electron chi connectivity index (χ1n) is 8.41. The molecular weight excluding hydrogens is 363 g/mol. The highest BCUT2D eigenvalue weighted by molar-refractivity contribution is 6.04. The summed E-state index contributed by atoms with van der Waals surface area (Å²) < 4.78 is 19.0. The highest BCUT2D eigenvalue weighted by Gasteiger charge is 2.13. The van der Waals surface area contributed by atoms with Crippen LogP contribution in [0.25, 0.3) is 0 Å². The maximum atomic E-state index is 13.0. The summed E-state index contributed by atoms with van der Waals surface area (Å²) in [5, 5.41) is 2.63. The van der Waals surface area contributed by atoms with Gasteiger partial charge in [0, 0.05) is 11.9 Å². The molecule has 1 heterocycles. The molecule has 0 bridgehead atoms. The molecule has 0 unspecified atom stereocenters. The van der Waals surface area contributed by atoms with Gasteiger partial charge in [-0.1, -0.05) is 12.1 Å². The number of methoxy groups -OCH3 is 1. The second-order valence-electron chi connectivity index (χ2n) is 6.00. The highest BCUT2D eigenvalue weighted by Crippen LogP contribution is 2.11. The van der Waals surface area contributed by atoms with Crippen molar-refractivity contribution in [2.45, 2.75) is 6.54 Å². The summed E-state index contributed by atoms with van der Waals surface area (Å²) in [5.41, 5.74) is 1.03. The van der Waals surface area contributed by atoms with Crippen LogP contribution in [-0.4, -0.2) is 23.6 Å². The normalized spacial score (nSPS) is 10.4. The molecule has 0 spiro atoms. The Bertz CT molecular complexity index is 1060. The van der Waals surface area contributed by atoms with E-state index in [-0.39, 0.29) is 17.9 Å². The Labute approximate surface area is 160 Å². The van der Waals surface area contributed by atoms with Crippen molar-refractivity contribution in [1.29, 1.82) is 0 Å². The lowest BCUT2D eigenvalue weighted by atomic mass is 10.2. The minimum atomic E-state index is -0.565. The van der Waals surface area contributed by atoms with Gasteiger partial charge in [-0.25, -0.2) is 9.18 Å². The number of hydrogen-bond acceptors (Lipinski definition) is 4. The first-order valence-corrected chi connectivity index (χ1v) is 8.41. The van der Waals surface area contributed by atoms with Gasteiger partial charge in [-0.3, -0.25) is 9.59 Å². The number of ether oxygens (including phenoxy) is 1. The molecule has 1 aromatic heterocycles. The Morgan fingerprint density at radius 3 is 2.36 bits per heavy atom. The Kier molecular flexibility index (Phi) is 5.64. The quantitative estimate of drug-likeness (QED) is 0.690. The van der Waals surface area contributed by atoms with E-state index in [1.54, 1.807) is 36.5 Å². The van der Waals surface area contributed by atoms with Crippen LogP contribution in [0.4, 0.5) is 10.1 Å². The fourth-order valence-corrected chi connectivity index (χ4v) is 2.63. The number of nitrogens with zero attached hydrogens (tertiary/aromatic N) is 1. The van der Waals surface area contributed by atoms with E-state index in [1.165, 1.54) is 42.0 Å². The van der Waals surface area contributed by atoms with Gasteiger partial charge in [0.25, 0.3) is 11.5 Å². The van der Waals surface area contributed by atoms with Crippen molar-refractivity contribution in [3.63, 3.8) is 0 Å². The molecule has 6 nitrogen and oxygen atoms in total. The fourth-order valence-electron chi connectivity index (χ4n) is 2.63. The molecule has 0 saturated heterocycles. The number of carbonyl (C=O) groups is 2. The van der Waals surface area contributed by atoms with E-state index in [0.717, 1.165) is 5.56 Å². The molecule has 1 amide bonds. The SMILES string of the molecule is COC(=O)c1ccc(NC(=O)c2cccn(Cc3ccc(F)cc3)c2=O)cc1. The van der Waals surface area contributed by atoms with Crippen molar-refractivity contribution in [3.8, 4) is 0 Å². The number of pyridine rings is 1. The van der Waals surface area contributed by atoms with Crippen LogP contribution in [0.1, 0.15) is 26.3 Å². The molecule has 0 fully saturated rings. The third-order valence-electron chi connectivity index (χ3n) is 4.09. The molecule has 2 aromatic carbocycles. The van der Waals surface area contributed by atoms with Crippen LogP contribution in [0.2, 0.25) is 0 Å². The van der Waals surface area contributed by atoms with Crippen LogP contribution in [0.15, 0.2) is 71.7 Å². The number of benzene rings is 2. The first kappa shape index (κ1) is 19.0. The topological polar surface area (TPSA) is 77.4 Å². The Morgan fingerprint density at radius 2 is 1.71 bits per heavy atom. The lowest BCUT2D eigenvalue weighted by Crippen LogP contribution is -2.29. The monoisotopic (exact) mass is 380 g/mol. The molecule has 0 radical (unpaired) electrons. The van der Waals surface area contributed by atoms with Gasteiger partial charge >= 0.3 is 5.97 Å². The van der Waals surface area contributed by atoms with Crippen LogP contribution in [0.5, 0.6) is 0 Å². The van der Waals surface area contributed by atoms with Crippen molar-refractivity contribution in [1.82, 2.24) is 4.57 Å². The van der Waals surface area contributed by atoms with E-state index in [2.05, 4.69) is 10.1 Å². The van der Waals surface area contributed by atoms with Crippen molar-refractivity contribution < 1.29 is 18.7 Å². The van der Waals surface area contributed by atoms with Gasteiger partial charge in [-0.05, 0) is 54.1 Å². The predicted octanol–water partition coefficient (Wildman–Crippen LogP) is 3.07. The van der Waals surface area contributed by atoms with Gasteiger partial charge < -0.3 is 14.6 Å². The summed E-state index contributed by atoms with van der Waals surface area (Å²) in [6, 6.07) is 14.9. The van der Waals surface area contributed by atoms with E-state index in [0.29, 0.717) is 11.3 Å². The van der Waals surface area contributed by atoms with Crippen molar-refractivity contribution in [3.05, 3.63) is 99.7 Å². The van der Waals surface area contributed by atoms with Gasteiger partial charge in [-0.2, -0.15) is 0 Å². The molecule has 0 saturated carbocycles. The molecule has 0 aliphatic carbocycles. The summed E-state index contributed by atoms with van der Waals surface area (Å²) in [6.45, 7) is 0.216. The zero-order chi connectivity index (χ0) is 20.1. The molecule has 3 rings (SSSR count). The molecule has 0 aliphatic heterocycles. The number of hydrogen-bond donors (Lipinski definition) is 1. The number of rotatable bonds is 5. The number of anilines is 1. The van der Waals surface area contributed by atoms with Gasteiger partial charge in [0.1, 0.15) is 11.4 Å². The standard InChI is InChI=1S/C21H17FN2O4/c1-28-21(27)15-6-10-17(11-7-15)23-19(25)18-3-2-12-24(20(18)26)13-14-4-8-16(22)9-5-14/h2-12H,13H2,1H3,(H,23,25). The highest BCUT2D eigenvalue weighted by atomic mass is 19.1. The summed E-state index contributed by atoms with van der Waals surface area (Å²) in [7, 11) is 1.28. The number of aromatic nitrogens is 1. The average Bonchev–Trinajstić information content (AvgIpc) is 2.71. The molecule has 7 heteroatoms. The summed E-state index contributed by atoms with van der Waals surface area (Å²) in [6.07, 6.45) is 1.56. The maximum absolute atomic E-state index is 13.0. The zero-order valence-corrected chi connectivity index (χ0v) is 15.0. The third-order valence-corrected chi connectivity index (χ3v) is 4.09. The number of esters is 1. The van der Waals surface area contributed by atoms with Gasteiger partial charge in [0.15, 0.2) is 0 Å². The Morgan fingerprint density at radius 1 is 1.04 bits per heavy atom. The smallest absolute Gasteiger partial charge is 0.337 e. The van der Waals surface area contributed by atoms with E-state index in [9.17, 15) is 18.8 Å². The van der Waals surface area contributed by atoms with Crippen molar-refractivity contribution in [2.24, 2.45) is 0 Å². The molecule has 1 N–H and O–H groups in total. The van der Waals surface area contributed by atoms with Crippen LogP contribution in [0, 0.1) is 5.82 Å². The number of nitrogens with one attached hydrogen (secondary N) is 1. The minimum Gasteiger partial charge on any atom is -0.465 e.